The van der Waals surface area contributed by atoms with Gasteiger partial charge in [-0.15, -0.1) is 0 Å². The molecular weight excluding hydrogens is 384 g/mol. The van der Waals surface area contributed by atoms with Crippen LogP contribution in [0.25, 0.3) is 22.5 Å². The summed E-state index contributed by atoms with van der Waals surface area (Å²) in [6.45, 7) is 4.08. The van der Waals surface area contributed by atoms with Crippen LogP contribution >= 0.6 is 0 Å². The Morgan fingerprint density at radius 3 is 1.97 bits per heavy atom. The first kappa shape index (κ1) is 20.2. The molecule has 3 aromatic carbocycles. The van der Waals surface area contributed by atoms with Gasteiger partial charge in [-0.2, -0.15) is 5.26 Å². The molecule has 0 saturated carbocycles. The fourth-order valence-corrected chi connectivity index (χ4v) is 3.34. The van der Waals surface area contributed by atoms with Crippen molar-refractivity contribution in [1.29, 1.82) is 5.26 Å². The van der Waals surface area contributed by atoms with E-state index in [9.17, 15) is 5.26 Å². The number of nitrogens with zero attached hydrogens (tertiary/aromatic N) is 2. The molecule has 0 aliphatic carbocycles. The van der Waals surface area contributed by atoms with Crippen LogP contribution in [0.15, 0.2) is 82.2 Å². The van der Waals surface area contributed by atoms with Gasteiger partial charge in [0.1, 0.15) is 23.1 Å². The summed E-state index contributed by atoms with van der Waals surface area (Å²) in [5, 5.41) is 9.98. The minimum absolute atomic E-state index is 0.296. The lowest BCUT2D eigenvalue weighted by atomic mass is 9.97. The molecule has 0 aliphatic rings. The van der Waals surface area contributed by atoms with Gasteiger partial charge in [0, 0.05) is 17.3 Å². The average molecular weight is 406 g/mol. The minimum atomic E-state index is 0.296. The number of nitriles is 1. The first-order valence-electron chi connectivity index (χ1n) is 9.98. The standard InChI is InChI=1S/C27H22N2O2/c1-18-4-10-21(11-5-18)25-24(16-28)27(29-17-20-8-14-23(30-3)15-9-20)31-26(25)22-12-6-19(2)7-13-22/h4-15,17H,1-3H3. The summed E-state index contributed by atoms with van der Waals surface area (Å²) in [5.74, 6) is 1.71. The second-order valence-electron chi connectivity index (χ2n) is 7.36. The van der Waals surface area contributed by atoms with E-state index in [4.69, 9.17) is 9.15 Å². The van der Waals surface area contributed by atoms with Crippen molar-refractivity contribution >= 4 is 12.1 Å². The quantitative estimate of drug-likeness (QED) is 0.340. The van der Waals surface area contributed by atoms with Gasteiger partial charge in [0.05, 0.1) is 7.11 Å². The Morgan fingerprint density at radius 2 is 1.42 bits per heavy atom. The maximum Gasteiger partial charge on any atom is 0.238 e. The van der Waals surface area contributed by atoms with E-state index in [0.717, 1.165) is 39.1 Å². The van der Waals surface area contributed by atoms with Crippen molar-refractivity contribution < 1.29 is 9.15 Å². The van der Waals surface area contributed by atoms with Crippen molar-refractivity contribution in [2.24, 2.45) is 4.99 Å². The zero-order valence-corrected chi connectivity index (χ0v) is 17.7. The average Bonchev–Trinajstić information content (AvgIpc) is 3.17. The molecule has 0 radical (unpaired) electrons. The molecule has 0 aliphatic heterocycles. The van der Waals surface area contributed by atoms with Crippen LogP contribution in [0.5, 0.6) is 5.75 Å². The Morgan fingerprint density at radius 1 is 0.839 bits per heavy atom. The second kappa shape index (κ2) is 8.73. The molecule has 0 saturated heterocycles. The lowest BCUT2D eigenvalue weighted by Gasteiger charge is -2.05. The highest BCUT2D eigenvalue weighted by Gasteiger charge is 2.22. The third-order valence-corrected chi connectivity index (χ3v) is 5.10. The Hall–Kier alpha value is -4.10. The number of ether oxygens (including phenoxy) is 1. The zero-order chi connectivity index (χ0) is 21.8. The Labute approximate surface area is 182 Å². The summed E-state index contributed by atoms with van der Waals surface area (Å²) >= 11 is 0. The van der Waals surface area contributed by atoms with Crippen LogP contribution in [0.4, 0.5) is 5.88 Å². The molecule has 0 bridgehead atoms. The molecule has 0 amide bonds. The Kier molecular flexibility index (Phi) is 5.68. The predicted octanol–water partition coefficient (Wildman–Crippen LogP) is 6.86. The van der Waals surface area contributed by atoms with Gasteiger partial charge in [-0.3, -0.25) is 0 Å². The van der Waals surface area contributed by atoms with Crippen molar-refractivity contribution in [3.8, 4) is 34.3 Å². The first-order valence-corrected chi connectivity index (χ1v) is 9.98. The molecular formula is C27H22N2O2. The molecule has 0 fully saturated rings. The molecule has 0 spiro atoms. The highest BCUT2D eigenvalue weighted by Crippen LogP contribution is 2.42. The van der Waals surface area contributed by atoms with Gasteiger partial charge in [0.2, 0.25) is 5.88 Å². The van der Waals surface area contributed by atoms with E-state index < -0.39 is 0 Å². The van der Waals surface area contributed by atoms with E-state index in [0.29, 0.717) is 17.2 Å². The number of hydrogen-bond donors (Lipinski definition) is 0. The summed E-state index contributed by atoms with van der Waals surface area (Å²) in [5.41, 5.74) is 6.20. The SMILES string of the molecule is COc1ccc(C=Nc2oc(-c3ccc(C)cc3)c(-c3ccc(C)cc3)c2C#N)cc1. The summed E-state index contributed by atoms with van der Waals surface area (Å²) in [6.07, 6.45) is 1.69. The lowest BCUT2D eigenvalue weighted by molar-refractivity contribution is 0.415. The van der Waals surface area contributed by atoms with Crippen LogP contribution in [0.2, 0.25) is 0 Å². The zero-order valence-electron chi connectivity index (χ0n) is 17.7. The fourth-order valence-electron chi connectivity index (χ4n) is 3.34. The topological polar surface area (TPSA) is 58.5 Å². The van der Waals surface area contributed by atoms with Crippen molar-refractivity contribution in [3.63, 3.8) is 0 Å². The van der Waals surface area contributed by atoms with E-state index >= 15 is 0 Å². The monoisotopic (exact) mass is 406 g/mol. The predicted molar refractivity (Wildman–Crippen MR) is 124 cm³/mol. The number of methoxy groups -OCH3 is 1. The van der Waals surface area contributed by atoms with E-state index in [1.165, 1.54) is 0 Å². The Balaban J connectivity index is 1.84. The number of furan rings is 1. The molecule has 4 nitrogen and oxygen atoms in total. The van der Waals surface area contributed by atoms with E-state index in [-0.39, 0.29) is 0 Å². The van der Waals surface area contributed by atoms with Gasteiger partial charge >= 0.3 is 0 Å². The molecule has 4 aromatic rings. The second-order valence-corrected chi connectivity index (χ2v) is 7.36. The minimum Gasteiger partial charge on any atom is -0.497 e. The van der Waals surface area contributed by atoms with Gasteiger partial charge in [-0.05, 0) is 49.2 Å². The normalized spacial score (nSPS) is 10.9. The van der Waals surface area contributed by atoms with Crippen LogP contribution < -0.4 is 4.74 Å². The number of rotatable bonds is 5. The molecule has 4 heteroatoms. The molecule has 1 aromatic heterocycles. The van der Waals surface area contributed by atoms with E-state index in [2.05, 4.69) is 11.1 Å². The fraction of sp³-hybridized carbons (Fsp3) is 0.111. The number of aryl methyl sites for hydroxylation is 2. The van der Waals surface area contributed by atoms with E-state index in [1.54, 1.807) is 13.3 Å². The molecule has 152 valence electrons. The highest BCUT2D eigenvalue weighted by molar-refractivity contribution is 5.90. The molecule has 0 atom stereocenters. The molecule has 0 N–H and O–H groups in total. The van der Waals surface area contributed by atoms with Crippen LogP contribution in [0.3, 0.4) is 0 Å². The van der Waals surface area contributed by atoms with Gasteiger partial charge in [-0.25, -0.2) is 4.99 Å². The first-order chi connectivity index (χ1) is 15.1. The number of benzene rings is 3. The highest BCUT2D eigenvalue weighted by atomic mass is 16.5. The van der Waals surface area contributed by atoms with Crippen LogP contribution in [0, 0.1) is 25.2 Å². The third kappa shape index (κ3) is 4.26. The Bertz CT molecular complexity index is 1260. The van der Waals surface area contributed by atoms with Crippen molar-refractivity contribution in [2.45, 2.75) is 13.8 Å². The summed E-state index contributed by atoms with van der Waals surface area (Å²) in [6, 6.07) is 26.0. The molecule has 4 rings (SSSR count). The maximum atomic E-state index is 9.98. The lowest BCUT2D eigenvalue weighted by Crippen LogP contribution is -1.85. The summed E-state index contributed by atoms with van der Waals surface area (Å²) in [4.78, 5) is 4.52. The van der Waals surface area contributed by atoms with Crippen molar-refractivity contribution in [2.75, 3.05) is 7.11 Å². The summed E-state index contributed by atoms with van der Waals surface area (Å²) < 4.78 is 11.4. The maximum absolute atomic E-state index is 9.98. The van der Waals surface area contributed by atoms with Gasteiger partial charge < -0.3 is 9.15 Å². The molecule has 0 unspecified atom stereocenters. The van der Waals surface area contributed by atoms with Gasteiger partial charge in [0.15, 0.2) is 0 Å². The number of hydrogen-bond acceptors (Lipinski definition) is 4. The van der Waals surface area contributed by atoms with Crippen LogP contribution in [-0.2, 0) is 0 Å². The van der Waals surface area contributed by atoms with Crippen molar-refractivity contribution in [1.82, 2.24) is 0 Å². The van der Waals surface area contributed by atoms with Crippen LogP contribution in [-0.4, -0.2) is 13.3 Å². The molecule has 1 heterocycles. The third-order valence-electron chi connectivity index (χ3n) is 5.10. The number of aliphatic imine (C=N–C) groups is 1. The van der Waals surface area contributed by atoms with Gasteiger partial charge in [-0.1, -0.05) is 59.7 Å². The molecule has 31 heavy (non-hydrogen) atoms. The summed E-state index contributed by atoms with van der Waals surface area (Å²) in [7, 11) is 1.63. The van der Waals surface area contributed by atoms with Crippen LogP contribution in [0.1, 0.15) is 22.3 Å². The van der Waals surface area contributed by atoms with Crippen molar-refractivity contribution in [3.05, 3.63) is 95.1 Å². The van der Waals surface area contributed by atoms with Gasteiger partial charge in [0.25, 0.3) is 0 Å². The largest absolute Gasteiger partial charge is 0.497 e. The smallest absolute Gasteiger partial charge is 0.238 e. The van der Waals surface area contributed by atoms with E-state index in [1.807, 2.05) is 86.6 Å².